The summed E-state index contributed by atoms with van der Waals surface area (Å²) in [6.07, 6.45) is 0. The smallest absolute Gasteiger partial charge is 0.0541 e. The molecule has 0 unspecified atom stereocenters. The van der Waals surface area contributed by atoms with Crippen LogP contribution in [0.25, 0.3) is 80.7 Å². The highest BCUT2D eigenvalue weighted by Crippen LogP contribution is 2.41. The molecule has 3 heteroatoms. The van der Waals surface area contributed by atoms with E-state index in [4.69, 9.17) is 0 Å². The molecule has 11 aromatic rings. The Labute approximate surface area is 323 Å². The van der Waals surface area contributed by atoms with Gasteiger partial charge in [0.25, 0.3) is 0 Å². The van der Waals surface area contributed by atoms with Gasteiger partial charge in [-0.15, -0.1) is 11.3 Å². The molecule has 0 aliphatic carbocycles. The summed E-state index contributed by atoms with van der Waals surface area (Å²) in [5, 5.41) is 7.82. The summed E-state index contributed by atoms with van der Waals surface area (Å²) in [5.74, 6) is 0. The number of anilines is 3. The van der Waals surface area contributed by atoms with E-state index in [9.17, 15) is 0 Å². The zero-order chi connectivity index (χ0) is 36.3. The van der Waals surface area contributed by atoms with E-state index in [-0.39, 0.29) is 0 Å². The van der Waals surface area contributed by atoms with Gasteiger partial charge < -0.3 is 9.47 Å². The molecule has 0 radical (unpaired) electrons. The second-order valence-corrected chi connectivity index (χ2v) is 15.2. The number of hydrogen-bond donors (Lipinski definition) is 0. The minimum Gasteiger partial charge on any atom is -0.311 e. The van der Waals surface area contributed by atoms with Gasteiger partial charge in [-0.25, -0.2) is 0 Å². The number of nitrogens with zero attached hydrogens (tertiary/aromatic N) is 2. The summed E-state index contributed by atoms with van der Waals surface area (Å²) in [5.41, 5.74) is 11.7. The number of thiophene rings is 1. The van der Waals surface area contributed by atoms with E-state index in [0.29, 0.717) is 0 Å². The topological polar surface area (TPSA) is 8.17 Å². The lowest BCUT2D eigenvalue weighted by molar-refractivity contribution is 1.18. The number of para-hydroxylation sites is 3. The Hall–Kier alpha value is -6.94. The first kappa shape index (κ1) is 31.6. The minimum absolute atomic E-state index is 1.11. The van der Waals surface area contributed by atoms with Crippen LogP contribution in [-0.4, -0.2) is 4.57 Å². The lowest BCUT2D eigenvalue weighted by Crippen LogP contribution is -2.09. The molecule has 0 amide bonds. The molecule has 2 aromatic heterocycles. The number of fused-ring (bicyclic) bond motifs is 8. The van der Waals surface area contributed by atoms with E-state index in [1.54, 1.807) is 0 Å². The van der Waals surface area contributed by atoms with E-state index >= 15 is 0 Å². The molecule has 0 fully saturated rings. The van der Waals surface area contributed by atoms with Crippen molar-refractivity contribution in [3.8, 4) is 27.9 Å². The quantitative estimate of drug-likeness (QED) is 0.166. The normalized spacial score (nSPS) is 11.6. The fraction of sp³-hybridized carbons (Fsp3) is 0. The van der Waals surface area contributed by atoms with E-state index in [0.717, 1.165) is 22.7 Å². The largest absolute Gasteiger partial charge is 0.311 e. The molecule has 55 heavy (non-hydrogen) atoms. The van der Waals surface area contributed by atoms with Crippen molar-refractivity contribution in [2.75, 3.05) is 4.90 Å². The van der Waals surface area contributed by atoms with Gasteiger partial charge in [-0.2, -0.15) is 0 Å². The molecule has 0 saturated carbocycles. The van der Waals surface area contributed by atoms with Gasteiger partial charge >= 0.3 is 0 Å². The average Bonchev–Trinajstić information content (AvgIpc) is 3.81. The Kier molecular flexibility index (Phi) is 7.39. The molecular formula is C52H34N2S. The summed E-state index contributed by atoms with van der Waals surface area (Å²) in [6.45, 7) is 0. The predicted octanol–water partition coefficient (Wildman–Crippen LogP) is 15.1. The van der Waals surface area contributed by atoms with Crippen LogP contribution in [0, 0.1) is 0 Å². The van der Waals surface area contributed by atoms with Gasteiger partial charge in [0.05, 0.1) is 11.0 Å². The second kappa shape index (κ2) is 12.9. The zero-order valence-electron chi connectivity index (χ0n) is 29.9. The lowest BCUT2D eigenvalue weighted by Gasteiger charge is -2.26. The van der Waals surface area contributed by atoms with Crippen LogP contribution in [0.15, 0.2) is 206 Å². The molecule has 2 heterocycles. The molecule has 0 N–H and O–H groups in total. The number of benzene rings is 9. The van der Waals surface area contributed by atoms with Gasteiger partial charge in [-0.1, -0.05) is 140 Å². The van der Waals surface area contributed by atoms with Crippen LogP contribution in [0.1, 0.15) is 0 Å². The Bertz CT molecular complexity index is 3140. The molecule has 0 bridgehead atoms. The molecule has 2 nitrogen and oxygen atoms in total. The van der Waals surface area contributed by atoms with Crippen LogP contribution in [0.4, 0.5) is 17.1 Å². The maximum absolute atomic E-state index is 2.38. The highest BCUT2D eigenvalue weighted by molar-refractivity contribution is 7.26. The number of aromatic nitrogens is 1. The monoisotopic (exact) mass is 718 g/mol. The summed E-state index contributed by atoms with van der Waals surface area (Å²) in [7, 11) is 0. The third-order valence-corrected chi connectivity index (χ3v) is 12.2. The van der Waals surface area contributed by atoms with Gasteiger partial charge in [-0.3, -0.25) is 0 Å². The minimum atomic E-state index is 1.11. The van der Waals surface area contributed by atoms with E-state index < -0.39 is 0 Å². The van der Waals surface area contributed by atoms with Crippen LogP contribution >= 0.6 is 11.3 Å². The van der Waals surface area contributed by atoms with Gasteiger partial charge in [0.15, 0.2) is 0 Å². The van der Waals surface area contributed by atoms with Gasteiger partial charge in [0.2, 0.25) is 0 Å². The first-order chi connectivity index (χ1) is 27.3. The van der Waals surface area contributed by atoms with Gasteiger partial charge in [0, 0.05) is 53.7 Å². The standard InChI is InChI=1S/C52H34N2S/c1-2-13-40(14-3-1)53(42-29-23-36(24-30-42)39-26-31-47-48-32-25-37-11-4-5-16-44(37)52(48)55-51(47)34-39)41-27-21-35(22-28-41)38-12-10-15-43(33-38)54-49-19-8-6-17-45(49)46-18-7-9-20-50(46)54/h1-34H. The molecule has 0 spiro atoms. The van der Waals surface area contributed by atoms with E-state index in [2.05, 4.69) is 216 Å². The molecule has 0 aliphatic heterocycles. The van der Waals surface area contributed by atoms with Crippen molar-refractivity contribution in [1.82, 2.24) is 4.57 Å². The van der Waals surface area contributed by atoms with Crippen molar-refractivity contribution >= 4 is 81.1 Å². The first-order valence-corrected chi connectivity index (χ1v) is 19.6. The highest BCUT2D eigenvalue weighted by atomic mass is 32.1. The number of rotatable bonds is 6. The van der Waals surface area contributed by atoms with Crippen molar-refractivity contribution in [2.24, 2.45) is 0 Å². The third kappa shape index (κ3) is 5.32. The Balaban J connectivity index is 0.931. The Morgan fingerprint density at radius 1 is 0.345 bits per heavy atom. The molecule has 11 rings (SSSR count). The first-order valence-electron chi connectivity index (χ1n) is 18.8. The molecule has 0 saturated heterocycles. The second-order valence-electron chi connectivity index (χ2n) is 14.2. The SMILES string of the molecule is c1ccc(N(c2ccc(-c3cccc(-n4c5ccccc5c5ccccc54)c3)cc2)c2ccc(-c3ccc4c(c3)sc3c5ccccc5ccc43)cc2)cc1. The molecule has 9 aromatic carbocycles. The van der Waals surface area contributed by atoms with Gasteiger partial charge in [0.1, 0.15) is 0 Å². The maximum Gasteiger partial charge on any atom is 0.0541 e. The summed E-state index contributed by atoms with van der Waals surface area (Å²) in [4.78, 5) is 2.34. The van der Waals surface area contributed by atoms with Crippen molar-refractivity contribution in [3.63, 3.8) is 0 Å². The third-order valence-electron chi connectivity index (χ3n) is 11.0. The Morgan fingerprint density at radius 3 is 1.58 bits per heavy atom. The zero-order valence-corrected chi connectivity index (χ0v) is 30.7. The summed E-state index contributed by atoms with van der Waals surface area (Å²) < 4.78 is 5.06. The molecule has 258 valence electrons. The summed E-state index contributed by atoms with van der Waals surface area (Å²) in [6, 6.07) is 75.0. The Morgan fingerprint density at radius 2 is 0.891 bits per heavy atom. The summed E-state index contributed by atoms with van der Waals surface area (Å²) >= 11 is 1.89. The van der Waals surface area contributed by atoms with Crippen LogP contribution < -0.4 is 4.90 Å². The number of hydrogen-bond acceptors (Lipinski definition) is 2. The fourth-order valence-electron chi connectivity index (χ4n) is 8.34. The van der Waals surface area contributed by atoms with Crippen molar-refractivity contribution in [1.29, 1.82) is 0 Å². The van der Waals surface area contributed by atoms with Crippen LogP contribution in [0.3, 0.4) is 0 Å². The molecule has 0 atom stereocenters. The molecular weight excluding hydrogens is 685 g/mol. The van der Waals surface area contributed by atoms with E-state index in [1.807, 2.05) is 11.3 Å². The predicted molar refractivity (Wildman–Crippen MR) is 237 cm³/mol. The van der Waals surface area contributed by atoms with E-state index in [1.165, 1.54) is 75.0 Å². The van der Waals surface area contributed by atoms with Crippen LogP contribution in [0.5, 0.6) is 0 Å². The van der Waals surface area contributed by atoms with Crippen molar-refractivity contribution in [2.45, 2.75) is 0 Å². The molecule has 0 aliphatic rings. The van der Waals surface area contributed by atoms with Gasteiger partial charge in [-0.05, 0) is 99.8 Å². The van der Waals surface area contributed by atoms with Crippen molar-refractivity contribution < 1.29 is 0 Å². The average molecular weight is 719 g/mol. The van der Waals surface area contributed by atoms with Crippen molar-refractivity contribution in [3.05, 3.63) is 206 Å². The van der Waals surface area contributed by atoms with Crippen LogP contribution in [0.2, 0.25) is 0 Å². The lowest BCUT2D eigenvalue weighted by atomic mass is 10.0. The maximum atomic E-state index is 2.38. The fourth-order valence-corrected chi connectivity index (χ4v) is 9.62. The highest BCUT2D eigenvalue weighted by Gasteiger charge is 2.16. The van der Waals surface area contributed by atoms with Crippen LogP contribution in [-0.2, 0) is 0 Å².